The van der Waals surface area contributed by atoms with E-state index in [2.05, 4.69) is 26.1 Å². The van der Waals surface area contributed by atoms with Crippen molar-refractivity contribution in [1.82, 2.24) is 5.32 Å². The molecule has 0 bridgehead atoms. The van der Waals surface area contributed by atoms with Gasteiger partial charge in [-0.2, -0.15) is 0 Å². The molecule has 1 N–H and O–H groups in total. The molecule has 0 spiro atoms. The van der Waals surface area contributed by atoms with Crippen molar-refractivity contribution in [3.8, 4) is 0 Å². The van der Waals surface area contributed by atoms with Crippen LogP contribution in [0.25, 0.3) is 0 Å². The van der Waals surface area contributed by atoms with Crippen LogP contribution in [0.4, 0.5) is 0 Å². The van der Waals surface area contributed by atoms with Crippen LogP contribution in [0.3, 0.4) is 0 Å². The van der Waals surface area contributed by atoms with Gasteiger partial charge in [0.2, 0.25) is 5.91 Å². The lowest BCUT2D eigenvalue weighted by Gasteiger charge is -2.13. The lowest BCUT2D eigenvalue weighted by Crippen LogP contribution is -2.32. The van der Waals surface area contributed by atoms with Crippen LogP contribution in [0.15, 0.2) is 0 Å². The monoisotopic (exact) mass is 297 g/mol. The molecule has 0 saturated heterocycles. The smallest absolute Gasteiger partial charge is 0.220 e. The molecule has 1 unspecified atom stereocenters. The number of rotatable bonds is 15. The minimum atomic E-state index is 0.252. The van der Waals surface area contributed by atoms with Gasteiger partial charge in [0.1, 0.15) is 0 Å². The topological polar surface area (TPSA) is 29.1 Å². The van der Waals surface area contributed by atoms with E-state index in [1.807, 2.05) is 0 Å². The Balaban J connectivity index is 3.29. The van der Waals surface area contributed by atoms with Crippen molar-refractivity contribution < 1.29 is 4.79 Å². The van der Waals surface area contributed by atoms with Crippen molar-refractivity contribution in [3.05, 3.63) is 0 Å². The van der Waals surface area contributed by atoms with Crippen molar-refractivity contribution in [2.45, 2.75) is 117 Å². The van der Waals surface area contributed by atoms with Gasteiger partial charge in [0, 0.05) is 12.5 Å². The molecule has 21 heavy (non-hydrogen) atoms. The average Bonchev–Trinajstić information content (AvgIpc) is 2.45. The van der Waals surface area contributed by atoms with Gasteiger partial charge >= 0.3 is 0 Å². The van der Waals surface area contributed by atoms with Crippen molar-refractivity contribution in [2.24, 2.45) is 0 Å². The zero-order valence-corrected chi connectivity index (χ0v) is 14.9. The summed E-state index contributed by atoms with van der Waals surface area (Å²) in [6, 6.07) is 0.350. The van der Waals surface area contributed by atoms with Crippen LogP contribution in [0.2, 0.25) is 0 Å². The number of amides is 1. The van der Waals surface area contributed by atoms with Crippen molar-refractivity contribution in [3.63, 3.8) is 0 Å². The first-order valence-electron chi connectivity index (χ1n) is 9.50. The van der Waals surface area contributed by atoms with Gasteiger partial charge in [-0.3, -0.25) is 4.79 Å². The van der Waals surface area contributed by atoms with Crippen LogP contribution in [0.5, 0.6) is 0 Å². The second kappa shape index (κ2) is 15.9. The van der Waals surface area contributed by atoms with Crippen LogP contribution in [0, 0.1) is 0 Å². The highest BCUT2D eigenvalue weighted by Crippen LogP contribution is 2.10. The summed E-state index contributed by atoms with van der Waals surface area (Å²) in [5.74, 6) is 0.252. The summed E-state index contributed by atoms with van der Waals surface area (Å²) in [6.45, 7) is 6.60. The van der Waals surface area contributed by atoms with Gasteiger partial charge in [0.25, 0.3) is 0 Å². The zero-order valence-electron chi connectivity index (χ0n) is 14.9. The molecule has 0 aliphatic carbocycles. The summed E-state index contributed by atoms with van der Waals surface area (Å²) in [6.07, 6.45) is 17.4. The fourth-order valence-electron chi connectivity index (χ4n) is 2.72. The molecular formula is C19H39NO. The predicted molar refractivity (Wildman–Crippen MR) is 93.6 cm³/mol. The molecule has 0 aliphatic rings. The molecule has 0 rings (SSSR count). The van der Waals surface area contributed by atoms with Crippen LogP contribution >= 0.6 is 0 Å². The highest BCUT2D eigenvalue weighted by molar-refractivity contribution is 5.76. The van der Waals surface area contributed by atoms with Gasteiger partial charge < -0.3 is 5.32 Å². The molecule has 126 valence electrons. The Kier molecular flexibility index (Phi) is 15.5. The minimum absolute atomic E-state index is 0.252. The van der Waals surface area contributed by atoms with Gasteiger partial charge in [0.15, 0.2) is 0 Å². The Labute approximate surface area is 133 Å². The summed E-state index contributed by atoms with van der Waals surface area (Å²) in [5, 5.41) is 3.13. The fraction of sp³-hybridized carbons (Fsp3) is 0.947. The maximum Gasteiger partial charge on any atom is 0.220 e. The maximum absolute atomic E-state index is 11.8. The Morgan fingerprint density at radius 2 is 1.24 bits per heavy atom. The van der Waals surface area contributed by atoms with Crippen LogP contribution in [-0.2, 0) is 4.79 Å². The Morgan fingerprint density at radius 1 is 0.762 bits per heavy atom. The van der Waals surface area contributed by atoms with E-state index in [-0.39, 0.29) is 5.91 Å². The van der Waals surface area contributed by atoms with E-state index < -0.39 is 0 Å². The zero-order chi connectivity index (χ0) is 15.8. The molecule has 0 heterocycles. The highest BCUT2D eigenvalue weighted by atomic mass is 16.1. The van der Waals surface area contributed by atoms with Gasteiger partial charge in [0.05, 0.1) is 0 Å². The van der Waals surface area contributed by atoms with Gasteiger partial charge in [-0.05, 0) is 19.8 Å². The highest BCUT2D eigenvalue weighted by Gasteiger charge is 2.06. The van der Waals surface area contributed by atoms with E-state index in [1.165, 1.54) is 70.6 Å². The first-order chi connectivity index (χ1) is 10.2. The molecular weight excluding hydrogens is 258 g/mol. The number of unbranched alkanes of at least 4 members (excludes halogenated alkanes) is 10. The summed E-state index contributed by atoms with van der Waals surface area (Å²) >= 11 is 0. The van der Waals surface area contributed by atoms with E-state index in [9.17, 15) is 4.79 Å². The standard InChI is InChI=1S/C19H39NO/c1-4-6-8-9-10-11-12-13-15-17-19(21)20-18(3)16-14-7-5-2/h18H,4-17H2,1-3H3,(H,20,21). The average molecular weight is 298 g/mol. The van der Waals surface area contributed by atoms with E-state index >= 15 is 0 Å². The molecule has 1 amide bonds. The second-order valence-corrected chi connectivity index (χ2v) is 6.54. The van der Waals surface area contributed by atoms with Crippen molar-refractivity contribution >= 4 is 5.91 Å². The van der Waals surface area contributed by atoms with Crippen LogP contribution in [-0.4, -0.2) is 11.9 Å². The molecule has 0 aromatic rings. The summed E-state index contributed by atoms with van der Waals surface area (Å²) < 4.78 is 0. The molecule has 0 aromatic carbocycles. The number of nitrogens with one attached hydrogen (secondary N) is 1. The number of hydrogen-bond donors (Lipinski definition) is 1. The number of carbonyl (C=O) groups excluding carboxylic acids is 1. The van der Waals surface area contributed by atoms with E-state index in [4.69, 9.17) is 0 Å². The quantitative estimate of drug-likeness (QED) is 0.369. The van der Waals surface area contributed by atoms with Gasteiger partial charge in [-0.25, -0.2) is 0 Å². The largest absolute Gasteiger partial charge is 0.354 e. The van der Waals surface area contributed by atoms with Crippen molar-refractivity contribution in [1.29, 1.82) is 0 Å². The first kappa shape index (κ1) is 20.5. The van der Waals surface area contributed by atoms with Crippen LogP contribution < -0.4 is 5.32 Å². The molecule has 1 atom stereocenters. The lowest BCUT2D eigenvalue weighted by molar-refractivity contribution is -0.121. The minimum Gasteiger partial charge on any atom is -0.354 e. The fourth-order valence-corrected chi connectivity index (χ4v) is 2.72. The summed E-state index contributed by atoms with van der Waals surface area (Å²) in [5.41, 5.74) is 0. The second-order valence-electron chi connectivity index (χ2n) is 6.54. The third-order valence-electron chi connectivity index (χ3n) is 4.16. The van der Waals surface area contributed by atoms with E-state index in [0.29, 0.717) is 12.5 Å². The van der Waals surface area contributed by atoms with Crippen LogP contribution in [0.1, 0.15) is 111 Å². The number of carbonyl (C=O) groups is 1. The van der Waals surface area contributed by atoms with Gasteiger partial charge in [-0.15, -0.1) is 0 Å². The molecule has 0 aliphatic heterocycles. The predicted octanol–water partition coefficient (Wildman–Crippen LogP) is 5.99. The molecule has 0 radical (unpaired) electrons. The Hall–Kier alpha value is -0.530. The Morgan fingerprint density at radius 3 is 1.81 bits per heavy atom. The van der Waals surface area contributed by atoms with Gasteiger partial charge in [-0.1, -0.05) is 84.5 Å². The first-order valence-corrected chi connectivity index (χ1v) is 9.50. The SMILES string of the molecule is CCCCCCCCCCCC(=O)NC(C)CCCCC. The summed E-state index contributed by atoms with van der Waals surface area (Å²) in [4.78, 5) is 11.8. The molecule has 0 saturated carbocycles. The number of hydrogen-bond acceptors (Lipinski definition) is 1. The normalized spacial score (nSPS) is 12.3. The molecule has 2 nitrogen and oxygen atoms in total. The third kappa shape index (κ3) is 15.7. The maximum atomic E-state index is 11.8. The molecule has 0 fully saturated rings. The van der Waals surface area contributed by atoms with E-state index in [0.717, 1.165) is 12.8 Å². The van der Waals surface area contributed by atoms with E-state index in [1.54, 1.807) is 0 Å². The molecule has 2 heteroatoms. The summed E-state index contributed by atoms with van der Waals surface area (Å²) in [7, 11) is 0. The third-order valence-corrected chi connectivity index (χ3v) is 4.16. The molecule has 0 aromatic heterocycles. The Bertz CT molecular complexity index is 228. The van der Waals surface area contributed by atoms with Crippen molar-refractivity contribution in [2.75, 3.05) is 0 Å². The lowest BCUT2D eigenvalue weighted by atomic mass is 10.1.